The number of para-hydroxylation sites is 1. The molecule has 4 nitrogen and oxygen atoms in total. The molecule has 0 aliphatic rings. The SMILES string of the molecule is CN(CC(=O)Nc1ccccc1C(F)(F)F)C(=O)CCl. The maximum atomic E-state index is 12.7. The van der Waals surface area contributed by atoms with Crippen molar-refractivity contribution in [1.82, 2.24) is 4.90 Å². The lowest BCUT2D eigenvalue weighted by atomic mass is 10.1. The smallest absolute Gasteiger partial charge is 0.335 e. The Hall–Kier alpha value is -1.76. The minimum atomic E-state index is -4.57. The van der Waals surface area contributed by atoms with E-state index in [0.29, 0.717) is 0 Å². The van der Waals surface area contributed by atoms with Crippen molar-refractivity contribution in [1.29, 1.82) is 0 Å². The first kappa shape index (κ1) is 16.3. The fourth-order valence-corrected chi connectivity index (χ4v) is 1.64. The normalized spacial score (nSPS) is 11.1. The summed E-state index contributed by atoms with van der Waals surface area (Å²) in [6.07, 6.45) is -4.57. The van der Waals surface area contributed by atoms with Gasteiger partial charge in [-0.05, 0) is 12.1 Å². The Morgan fingerprint density at radius 1 is 1.30 bits per heavy atom. The summed E-state index contributed by atoms with van der Waals surface area (Å²) in [5.41, 5.74) is -1.30. The van der Waals surface area contributed by atoms with Gasteiger partial charge in [0.15, 0.2) is 0 Å². The number of alkyl halides is 4. The number of hydrogen-bond acceptors (Lipinski definition) is 2. The lowest BCUT2D eigenvalue weighted by Gasteiger charge is -2.17. The van der Waals surface area contributed by atoms with E-state index in [9.17, 15) is 22.8 Å². The van der Waals surface area contributed by atoms with Crippen molar-refractivity contribution in [3.8, 4) is 0 Å². The molecule has 0 unspecified atom stereocenters. The second-order valence-electron chi connectivity index (χ2n) is 3.97. The van der Waals surface area contributed by atoms with Crippen LogP contribution in [0, 0.1) is 0 Å². The zero-order chi connectivity index (χ0) is 15.3. The molecule has 1 aromatic carbocycles. The third kappa shape index (κ3) is 4.41. The molecular formula is C12H12ClF3N2O2. The number of benzene rings is 1. The van der Waals surface area contributed by atoms with Crippen LogP contribution in [0.2, 0.25) is 0 Å². The summed E-state index contributed by atoms with van der Waals surface area (Å²) in [6.45, 7) is -0.377. The summed E-state index contributed by atoms with van der Waals surface area (Å²) in [4.78, 5) is 23.8. The summed E-state index contributed by atoms with van der Waals surface area (Å²) < 4.78 is 38.1. The molecule has 0 aliphatic heterocycles. The van der Waals surface area contributed by atoms with Gasteiger partial charge in [-0.25, -0.2) is 0 Å². The van der Waals surface area contributed by atoms with E-state index < -0.39 is 23.6 Å². The number of likely N-dealkylation sites (N-methyl/N-ethyl adjacent to an activating group) is 1. The molecule has 0 heterocycles. The molecule has 0 fully saturated rings. The summed E-state index contributed by atoms with van der Waals surface area (Å²) in [5.74, 6) is -1.53. The van der Waals surface area contributed by atoms with Crippen LogP contribution in [0.5, 0.6) is 0 Å². The topological polar surface area (TPSA) is 49.4 Å². The fraction of sp³-hybridized carbons (Fsp3) is 0.333. The molecule has 110 valence electrons. The Labute approximate surface area is 118 Å². The van der Waals surface area contributed by atoms with Gasteiger partial charge in [-0.3, -0.25) is 9.59 Å². The molecule has 0 spiro atoms. The van der Waals surface area contributed by atoms with Crippen LogP contribution in [0.1, 0.15) is 5.56 Å². The molecule has 2 amide bonds. The predicted molar refractivity (Wildman–Crippen MR) is 68.4 cm³/mol. The highest BCUT2D eigenvalue weighted by Crippen LogP contribution is 2.34. The van der Waals surface area contributed by atoms with Gasteiger partial charge in [0.1, 0.15) is 5.88 Å². The second-order valence-corrected chi connectivity index (χ2v) is 4.24. The molecule has 0 radical (unpaired) electrons. The van der Waals surface area contributed by atoms with Gasteiger partial charge < -0.3 is 10.2 Å². The van der Waals surface area contributed by atoms with E-state index in [1.165, 1.54) is 19.2 Å². The number of hydrogen-bond donors (Lipinski definition) is 1. The Balaban J connectivity index is 2.79. The molecule has 0 aliphatic carbocycles. The van der Waals surface area contributed by atoms with E-state index in [2.05, 4.69) is 5.32 Å². The van der Waals surface area contributed by atoms with Crippen LogP contribution >= 0.6 is 11.6 Å². The summed E-state index contributed by atoms with van der Waals surface area (Å²) in [6, 6.07) is 4.60. The van der Waals surface area contributed by atoms with Crippen molar-refractivity contribution in [3.63, 3.8) is 0 Å². The maximum absolute atomic E-state index is 12.7. The first-order valence-corrected chi connectivity index (χ1v) is 6.05. The van der Waals surface area contributed by atoms with E-state index >= 15 is 0 Å². The van der Waals surface area contributed by atoms with Gasteiger partial charge in [0.25, 0.3) is 0 Å². The van der Waals surface area contributed by atoms with Crippen LogP contribution in [0.15, 0.2) is 24.3 Å². The van der Waals surface area contributed by atoms with Gasteiger partial charge in [0.05, 0.1) is 17.8 Å². The zero-order valence-corrected chi connectivity index (χ0v) is 11.3. The molecule has 0 aromatic heterocycles. The molecular weight excluding hydrogens is 297 g/mol. The third-order valence-electron chi connectivity index (χ3n) is 2.43. The Morgan fingerprint density at radius 2 is 1.90 bits per heavy atom. The lowest BCUT2D eigenvalue weighted by Crippen LogP contribution is -2.35. The molecule has 1 rings (SSSR count). The van der Waals surface area contributed by atoms with E-state index in [4.69, 9.17) is 11.6 Å². The Morgan fingerprint density at radius 3 is 2.45 bits per heavy atom. The van der Waals surface area contributed by atoms with Crippen LogP contribution in [0.25, 0.3) is 0 Å². The number of amides is 2. The highest BCUT2D eigenvalue weighted by molar-refractivity contribution is 6.27. The van der Waals surface area contributed by atoms with Crippen molar-refractivity contribution >= 4 is 29.1 Å². The monoisotopic (exact) mass is 308 g/mol. The van der Waals surface area contributed by atoms with Crippen molar-refractivity contribution in [2.75, 3.05) is 24.8 Å². The average molecular weight is 309 g/mol. The van der Waals surface area contributed by atoms with Crippen molar-refractivity contribution in [2.45, 2.75) is 6.18 Å². The van der Waals surface area contributed by atoms with Crippen LogP contribution in [-0.2, 0) is 15.8 Å². The van der Waals surface area contributed by atoms with Crippen molar-refractivity contribution < 1.29 is 22.8 Å². The minimum absolute atomic E-state index is 0.303. The van der Waals surface area contributed by atoms with Crippen LogP contribution < -0.4 is 5.32 Å². The molecule has 20 heavy (non-hydrogen) atoms. The van der Waals surface area contributed by atoms with Gasteiger partial charge in [0.2, 0.25) is 11.8 Å². The number of nitrogens with zero attached hydrogens (tertiary/aromatic N) is 1. The molecule has 0 saturated carbocycles. The van der Waals surface area contributed by atoms with E-state index in [-0.39, 0.29) is 18.1 Å². The molecule has 0 saturated heterocycles. The van der Waals surface area contributed by atoms with Gasteiger partial charge in [-0.2, -0.15) is 13.2 Å². The van der Waals surface area contributed by atoms with Gasteiger partial charge >= 0.3 is 6.18 Å². The summed E-state index contributed by atoms with van der Waals surface area (Å²) in [7, 11) is 1.33. The predicted octanol–water partition coefficient (Wildman–Crippen LogP) is 2.34. The highest BCUT2D eigenvalue weighted by atomic mass is 35.5. The van der Waals surface area contributed by atoms with Crippen LogP contribution in [0.4, 0.5) is 18.9 Å². The Kier molecular flexibility index (Phi) is 5.38. The van der Waals surface area contributed by atoms with Gasteiger partial charge in [-0.15, -0.1) is 11.6 Å². The highest BCUT2D eigenvalue weighted by Gasteiger charge is 2.33. The first-order valence-electron chi connectivity index (χ1n) is 5.51. The van der Waals surface area contributed by atoms with Crippen LogP contribution in [0.3, 0.4) is 0 Å². The van der Waals surface area contributed by atoms with E-state index in [1.54, 1.807) is 0 Å². The number of halogens is 4. The number of rotatable bonds is 4. The molecule has 0 atom stereocenters. The molecule has 1 aromatic rings. The van der Waals surface area contributed by atoms with E-state index in [0.717, 1.165) is 17.0 Å². The fourth-order valence-electron chi connectivity index (χ4n) is 1.43. The van der Waals surface area contributed by atoms with Gasteiger partial charge in [-0.1, -0.05) is 12.1 Å². The quantitative estimate of drug-likeness (QED) is 0.868. The summed E-state index contributed by atoms with van der Waals surface area (Å²) in [5, 5.41) is 2.13. The van der Waals surface area contributed by atoms with Crippen molar-refractivity contribution in [3.05, 3.63) is 29.8 Å². The average Bonchev–Trinajstić information content (AvgIpc) is 2.36. The number of carbonyl (C=O) groups excluding carboxylic acids is 2. The number of nitrogens with one attached hydrogen (secondary N) is 1. The molecule has 1 N–H and O–H groups in total. The second kappa shape index (κ2) is 6.60. The lowest BCUT2D eigenvalue weighted by molar-refractivity contribution is -0.137. The van der Waals surface area contributed by atoms with Crippen molar-refractivity contribution in [2.24, 2.45) is 0 Å². The van der Waals surface area contributed by atoms with Crippen LogP contribution in [-0.4, -0.2) is 36.2 Å². The molecule has 0 bridgehead atoms. The third-order valence-corrected chi connectivity index (χ3v) is 2.66. The zero-order valence-electron chi connectivity index (χ0n) is 10.5. The number of carbonyl (C=O) groups is 2. The standard InChI is InChI=1S/C12H12ClF3N2O2/c1-18(11(20)6-13)7-10(19)17-9-5-3-2-4-8(9)12(14,15)16/h2-5H,6-7H2,1H3,(H,17,19). The first-order chi connectivity index (χ1) is 9.25. The molecule has 8 heteroatoms. The largest absolute Gasteiger partial charge is 0.418 e. The Bertz CT molecular complexity index is 506. The maximum Gasteiger partial charge on any atom is 0.418 e. The van der Waals surface area contributed by atoms with Gasteiger partial charge in [0, 0.05) is 7.05 Å². The minimum Gasteiger partial charge on any atom is -0.335 e. The summed E-state index contributed by atoms with van der Waals surface area (Å²) >= 11 is 5.30. The van der Waals surface area contributed by atoms with E-state index in [1.807, 2.05) is 0 Å². The number of anilines is 1.